The third-order valence-corrected chi connectivity index (χ3v) is 3.80. The third-order valence-electron chi connectivity index (χ3n) is 3.80. The number of carbonyl (C=O) groups excluding carboxylic acids is 1. The Hall–Kier alpha value is -3.02. The number of nitrogens with zero attached hydrogens (tertiary/aromatic N) is 3. The van der Waals surface area contributed by atoms with Gasteiger partial charge in [-0.15, -0.1) is 0 Å². The number of amides is 1. The molecule has 0 saturated heterocycles. The van der Waals surface area contributed by atoms with E-state index < -0.39 is 11.5 Å². The maximum absolute atomic E-state index is 12.8. The van der Waals surface area contributed by atoms with Gasteiger partial charge in [0.1, 0.15) is 5.52 Å². The van der Waals surface area contributed by atoms with Gasteiger partial charge in [-0.25, -0.2) is 9.97 Å². The summed E-state index contributed by atoms with van der Waals surface area (Å²) in [5.74, 6) is -0.459. The molecule has 25 heavy (non-hydrogen) atoms. The van der Waals surface area contributed by atoms with Gasteiger partial charge in [0.25, 0.3) is 11.5 Å². The van der Waals surface area contributed by atoms with Gasteiger partial charge in [-0.05, 0) is 38.0 Å². The Labute approximate surface area is 145 Å². The second-order valence-electron chi connectivity index (χ2n) is 6.13. The molecule has 0 bridgehead atoms. The number of rotatable bonds is 5. The van der Waals surface area contributed by atoms with E-state index >= 15 is 0 Å². The molecule has 0 radical (unpaired) electrons. The highest BCUT2D eigenvalue weighted by molar-refractivity contribution is 5.93. The van der Waals surface area contributed by atoms with Gasteiger partial charge in [0.05, 0.1) is 0 Å². The summed E-state index contributed by atoms with van der Waals surface area (Å²) in [6, 6.07) is 13.3. The maximum atomic E-state index is 12.8. The fourth-order valence-electron chi connectivity index (χ4n) is 2.65. The van der Waals surface area contributed by atoms with Gasteiger partial charge in [-0.3, -0.25) is 14.2 Å². The zero-order chi connectivity index (χ0) is 17.8. The Morgan fingerprint density at radius 3 is 2.64 bits per heavy atom. The Morgan fingerprint density at radius 2 is 1.92 bits per heavy atom. The molecular weight excluding hydrogens is 316 g/mol. The average molecular weight is 336 g/mol. The molecular formula is C19H20N4O2. The highest BCUT2D eigenvalue weighted by Gasteiger charge is 2.18. The lowest BCUT2D eigenvalue weighted by Gasteiger charge is -2.12. The van der Waals surface area contributed by atoms with Crippen molar-refractivity contribution in [2.75, 3.05) is 0 Å². The summed E-state index contributed by atoms with van der Waals surface area (Å²) in [6.07, 6.45) is 2.29. The van der Waals surface area contributed by atoms with Crippen LogP contribution in [0.3, 0.4) is 0 Å². The van der Waals surface area contributed by atoms with Crippen molar-refractivity contribution in [1.82, 2.24) is 19.9 Å². The van der Waals surface area contributed by atoms with Crippen molar-refractivity contribution < 1.29 is 4.79 Å². The van der Waals surface area contributed by atoms with Crippen molar-refractivity contribution in [3.8, 4) is 0 Å². The summed E-state index contributed by atoms with van der Waals surface area (Å²) < 4.78 is 1.53. The molecule has 2 aromatic heterocycles. The van der Waals surface area contributed by atoms with E-state index in [0.29, 0.717) is 24.1 Å². The van der Waals surface area contributed by atoms with Gasteiger partial charge in [0.2, 0.25) is 0 Å². The van der Waals surface area contributed by atoms with Gasteiger partial charge in [0, 0.05) is 18.8 Å². The quantitative estimate of drug-likeness (QED) is 0.775. The largest absolute Gasteiger partial charge is 0.348 e. The monoisotopic (exact) mass is 336 g/mol. The molecule has 1 aromatic carbocycles. The average Bonchev–Trinajstić information content (AvgIpc) is 2.60. The van der Waals surface area contributed by atoms with Crippen LogP contribution in [0.25, 0.3) is 11.2 Å². The number of hydrogen-bond acceptors (Lipinski definition) is 4. The SMILES string of the molecule is CC(C)NC(=O)c1nc2cccnc2n(CCc2ccccc2)c1=O. The van der Waals surface area contributed by atoms with E-state index in [9.17, 15) is 9.59 Å². The lowest BCUT2D eigenvalue weighted by Crippen LogP contribution is -2.38. The number of aromatic nitrogens is 3. The number of fused-ring (bicyclic) bond motifs is 1. The summed E-state index contributed by atoms with van der Waals surface area (Å²) in [5.41, 5.74) is 1.62. The Balaban J connectivity index is 2.04. The van der Waals surface area contributed by atoms with Gasteiger partial charge in [-0.2, -0.15) is 0 Å². The number of hydrogen-bond donors (Lipinski definition) is 1. The second kappa shape index (κ2) is 7.25. The highest BCUT2D eigenvalue weighted by Crippen LogP contribution is 2.09. The maximum Gasteiger partial charge on any atom is 0.283 e. The van der Waals surface area contributed by atoms with Crippen LogP contribution in [0.5, 0.6) is 0 Å². The number of nitrogens with one attached hydrogen (secondary N) is 1. The van der Waals surface area contributed by atoms with Crippen LogP contribution in [0, 0.1) is 0 Å². The predicted molar refractivity (Wildman–Crippen MR) is 96.5 cm³/mol. The first-order valence-electron chi connectivity index (χ1n) is 8.26. The number of aryl methyl sites for hydroxylation is 2. The molecule has 3 aromatic rings. The van der Waals surface area contributed by atoms with Crippen molar-refractivity contribution >= 4 is 17.1 Å². The first-order valence-corrected chi connectivity index (χ1v) is 8.26. The summed E-state index contributed by atoms with van der Waals surface area (Å²) in [7, 11) is 0. The predicted octanol–water partition coefficient (Wildman–Crippen LogP) is 2.17. The molecule has 1 N–H and O–H groups in total. The fraction of sp³-hybridized carbons (Fsp3) is 0.263. The smallest absolute Gasteiger partial charge is 0.283 e. The molecule has 0 aliphatic carbocycles. The fourth-order valence-corrected chi connectivity index (χ4v) is 2.65. The van der Waals surface area contributed by atoms with Crippen LogP contribution < -0.4 is 10.9 Å². The summed E-state index contributed by atoms with van der Waals surface area (Å²) >= 11 is 0. The van der Waals surface area contributed by atoms with E-state index in [1.165, 1.54) is 4.57 Å². The van der Waals surface area contributed by atoms with Crippen LogP contribution in [-0.4, -0.2) is 26.5 Å². The van der Waals surface area contributed by atoms with Crippen LogP contribution in [0.1, 0.15) is 29.9 Å². The van der Waals surface area contributed by atoms with Gasteiger partial charge >= 0.3 is 0 Å². The van der Waals surface area contributed by atoms with Crippen molar-refractivity contribution in [3.63, 3.8) is 0 Å². The van der Waals surface area contributed by atoms with Crippen molar-refractivity contribution in [2.45, 2.75) is 32.9 Å². The van der Waals surface area contributed by atoms with Crippen LogP contribution >= 0.6 is 0 Å². The lowest BCUT2D eigenvalue weighted by atomic mass is 10.1. The van der Waals surface area contributed by atoms with E-state index in [4.69, 9.17) is 0 Å². The molecule has 6 heteroatoms. The van der Waals surface area contributed by atoms with Gasteiger partial charge < -0.3 is 5.32 Å². The van der Waals surface area contributed by atoms with E-state index in [0.717, 1.165) is 5.56 Å². The van der Waals surface area contributed by atoms with E-state index in [1.54, 1.807) is 18.3 Å². The standard InChI is InChI=1S/C19H20N4O2/c1-13(2)21-18(24)16-19(25)23(12-10-14-7-4-3-5-8-14)17-15(22-16)9-6-11-20-17/h3-9,11,13H,10,12H2,1-2H3,(H,21,24). The minimum Gasteiger partial charge on any atom is -0.348 e. The molecule has 0 aliphatic rings. The van der Waals surface area contributed by atoms with Crippen molar-refractivity contribution in [1.29, 1.82) is 0 Å². The summed E-state index contributed by atoms with van der Waals surface area (Å²) in [4.78, 5) is 33.7. The number of carbonyl (C=O) groups is 1. The van der Waals surface area contributed by atoms with Crippen LogP contribution in [-0.2, 0) is 13.0 Å². The Morgan fingerprint density at radius 1 is 1.16 bits per heavy atom. The second-order valence-corrected chi connectivity index (χ2v) is 6.13. The molecule has 0 fully saturated rings. The van der Waals surface area contributed by atoms with E-state index in [-0.39, 0.29) is 11.7 Å². The molecule has 0 spiro atoms. The minimum absolute atomic E-state index is 0.0731. The van der Waals surface area contributed by atoms with Gasteiger partial charge in [-0.1, -0.05) is 30.3 Å². The van der Waals surface area contributed by atoms with Crippen LogP contribution in [0.2, 0.25) is 0 Å². The lowest BCUT2D eigenvalue weighted by molar-refractivity contribution is 0.0936. The molecule has 128 valence electrons. The van der Waals surface area contributed by atoms with Crippen molar-refractivity contribution in [2.24, 2.45) is 0 Å². The first kappa shape index (κ1) is 16.8. The summed E-state index contributed by atoms with van der Waals surface area (Å²) in [6.45, 7) is 4.11. The molecule has 2 heterocycles. The molecule has 0 atom stereocenters. The molecule has 3 rings (SSSR count). The minimum atomic E-state index is -0.459. The van der Waals surface area contributed by atoms with E-state index in [2.05, 4.69) is 15.3 Å². The molecule has 6 nitrogen and oxygen atoms in total. The Kier molecular flexibility index (Phi) is 4.88. The van der Waals surface area contributed by atoms with Crippen LogP contribution in [0.15, 0.2) is 53.5 Å². The molecule has 0 saturated carbocycles. The molecule has 0 aliphatic heterocycles. The zero-order valence-electron chi connectivity index (χ0n) is 14.3. The van der Waals surface area contributed by atoms with E-state index in [1.807, 2.05) is 44.2 Å². The zero-order valence-corrected chi connectivity index (χ0v) is 14.3. The summed E-state index contributed by atoms with van der Waals surface area (Å²) in [5, 5.41) is 2.73. The normalized spacial score (nSPS) is 11.0. The van der Waals surface area contributed by atoms with Crippen molar-refractivity contribution in [3.05, 3.63) is 70.3 Å². The van der Waals surface area contributed by atoms with Crippen LogP contribution in [0.4, 0.5) is 0 Å². The highest BCUT2D eigenvalue weighted by atomic mass is 16.2. The molecule has 0 unspecified atom stereocenters. The topological polar surface area (TPSA) is 76.9 Å². The number of benzene rings is 1. The number of pyridine rings is 1. The molecule has 1 amide bonds. The third kappa shape index (κ3) is 3.74. The Bertz CT molecular complexity index is 949. The van der Waals surface area contributed by atoms with Gasteiger partial charge in [0.15, 0.2) is 11.3 Å². The first-order chi connectivity index (χ1) is 12.1.